The van der Waals surface area contributed by atoms with Gasteiger partial charge in [-0.15, -0.1) is 0 Å². The summed E-state index contributed by atoms with van der Waals surface area (Å²) in [6, 6.07) is 4.90. The number of aromatic carboxylic acids is 1. The zero-order valence-electron chi connectivity index (χ0n) is 10.8. The van der Waals surface area contributed by atoms with Crippen LogP contribution in [0.3, 0.4) is 0 Å². The minimum Gasteiger partial charge on any atom is -0.478 e. The van der Waals surface area contributed by atoms with Gasteiger partial charge in [-0.25, -0.2) is 4.79 Å². The first kappa shape index (κ1) is 15.0. The van der Waals surface area contributed by atoms with E-state index in [1.165, 1.54) is 0 Å². The molecule has 4 nitrogen and oxygen atoms in total. The molecule has 0 heterocycles. The van der Waals surface area contributed by atoms with Crippen LogP contribution < -0.4 is 5.32 Å². The van der Waals surface area contributed by atoms with Crippen molar-refractivity contribution in [3.8, 4) is 0 Å². The molecule has 0 bridgehead atoms. The minimum atomic E-state index is -0.933. The first-order valence-corrected chi connectivity index (χ1v) is 6.55. The summed E-state index contributed by atoms with van der Waals surface area (Å²) < 4.78 is 6.31. The Balaban J connectivity index is 2.71. The number of carboxylic acid groups (broad SMARTS) is 1. The first-order valence-electron chi connectivity index (χ1n) is 5.76. The van der Waals surface area contributed by atoms with Gasteiger partial charge in [-0.1, -0.05) is 0 Å². The van der Waals surface area contributed by atoms with E-state index >= 15 is 0 Å². The number of carbonyl (C=O) groups is 1. The number of halogens is 1. The minimum absolute atomic E-state index is 0.261. The van der Waals surface area contributed by atoms with E-state index in [4.69, 9.17) is 9.84 Å². The summed E-state index contributed by atoms with van der Waals surface area (Å²) in [5.74, 6) is -0.933. The van der Waals surface area contributed by atoms with Crippen LogP contribution in [0.2, 0.25) is 0 Å². The van der Waals surface area contributed by atoms with Crippen LogP contribution in [-0.2, 0) is 4.74 Å². The summed E-state index contributed by atoms with van der Waals surface area (Å²) in [6.07, 6.45) is 0. The third-order valence-corrected chi connectivity index (χ3v) is 3.11. The Labute approximate surface area is 115 Å². The van der Waals surface area contributed by atoms with Crippen molar-refractivity contribution in [2.24, 2.45) is 0 Å². The smallest absolute Gasteiger partial charge is 0.335 e. The Kier molecular flexibility index (Phi) is 5.16. The molecule has 0 aliphatic carbocycles. The maximum atomic E-state index is 10.8. The fourth-order valence-electron chi connectivity index (χ4n) is 1.54. The van der Waals surface area contributed by atoms with Crippen LogP contribution in [0.4, 0.5) is 5.69 Å². The van der Waals surface area contributed by atoms with Gasteiger partial charge in [-0.2, -0.15) is 0 Å². The van der Waals surface area contributed by atoms with E-state index in [0.29, 0.717) is 13.2 Å². The van der Waals surface area contributed by atoms with Crippen molar-refractivity contribution in [3.63, 3.8) is 0 Å². The highest BCUT2D eigenvalue weighted by molar-refractivity contribution is 9.10. The summed E-state index contributed by atoms with van der Waals surface area (Å²) in [7, 11) is 0. The Morgan fingerprint density at radius 2 is 2.17 bits per heavy atom. The lowest BCUT2D eigenvalue weighted by atomic mass is 10.1. The van der Waals surface area contributed by atoms with Crippen LogP contribution in [-0.4, -0.2) is 29.8 Å². The lowest BCUT2D eigenvalue weighted by molar-refractivity contribution is 0.000682. The lowest BCUT2D eigenvalue weighted by Gasteiger charge is -2.25. The molecule has 0 aliphatic heterocycles. The lowest BCUT2D eigenvalue weighted by Crippen LogP contribution is -2.33. The standard InChI is InChI=1S/C13H18BrNO3/c1-4-18-13(2,3)8-15-11-6-5-9(12(16)17)7-10(11)14/h5-7,15H,4,8H2,1-3H3,(H,16,17). The molecule has 0 amide bonds. The van der Waals surface area contributed by atoms with E-state index in [2.05, 4.69) is 21.2 Å². The van der Waals surface area contributed by atoms with Crippen LogP contribution >= 0.6 is 15.9 Å². The van der Waals surface area contributed by atoms with Crippen molar-refractivity contribution >= 4 is 27.6 Å². The molecular weight excluding hydrogens is 298 g/mol. The van der Waals surface area contributed by atoms with Gasteiger partial charge >= 0.3 is 5.97 Å². The molecule has 0 aromatic heterocycles. The van der Waals surface area contributed by atoms with E-state index < -0.39 is 5.97 Å². The molecule has 100 valence electrons. The number of carboxylic acids is 1. The molecule has 0 atom stereocenters. The van der Waals surface area contributed by atoms with Crippen molar-refractivity contribution in [1.82, 2.24) is 0 Å². The van der Waals surface area contributed by atoms with Crippen LogP contribution in [0.15, 0.2) is 22.7 Å². The SMILES string of the molecule is CCOC(C)(C)CNc1ccc(C(=O)O)cc1Br. The van der Waals surface area contributed by atoms with Gasteiger partial charge in [0, 0.05) is 23.3 Å². The Morgan fingerprint density at radius 3 is 2.67 bits per heavy atom. The molecular formula is C13H18BrNO3. The van der Waals surface area contributed by atoms with E-state index in [9.17, 15) is 4.79 Å². The van der Waals surface area contributed by atoms with E-state index in [0.717, 1.165) is 10.2 Å². The molecule has 0 radical (unpaired) electrons. The van der Waals surface area contributed by atoms with Gasteiger partial charge < -0.3 is 15.2 Å². The molecule has 0 saturated carbocycles. The van der Waals surface area contributed by atoms with Crippen LogP contribution in [0.25, 0.3) is 0 Å². The molecule has 0 fully saturated rings. The number of hydrogen-bond acceptors (Lipinski definition) is 3. The van der Waals surface area contributed by atoms with Gasteiger partial charge in [0.15, 0.2) is 0 Å². The first-order chi connectivity index (χ1) is 8.35. The topological polar surface area (TPSA) is 58.6 Å². The molecule has 0 aliphatic rings. The molecule has 0 unspecified atom stereocenters. The maximum Gasteiger partial charge on any atom is 0.335 e. The number of rotatable bonds is 6. The third-order valence-electron chi connectivity index (χ3n) is 2.46. The van der Waals surface area contributed by atoms with Crippen molar-refractivity contribution in [3.05, 3.63) is 28.2 Å². The van der Waals surface area contributed by atoms with Crippen molar-refractivity contribution in [1.29, 1.82) is 0 Å². The maximum absolute atomic E-state index is 10.8. The van der Waals surface area contributed by atoms with Crippen molar-refractivity contribution in [2.75, 3.05) is 18.5 Å². The van der Waals surface area contributed by atoms with Gasteiger partial charge in [0.2, 0.25) is 0 Å². The number of anilines is 1. The van der Waals surface area contributed by atoms with E-state index in [1.54, 1.807) is 18.2 Å². The molecule has 1 aromatic carbocycles. The van der Waals surface area contributed by atoms with Gasteiger partial charge in [-0.05, 0) is 54.9 Å². The zero-order valence-corrected chi connectivity index (χ0v) is 12.4. The Hall–Kier alpha value is -1.07. The fourth-order valence-corrected chi connectivity index (χ4v) is 2.06. The highest BCUT2D eigenvalue weighted by atomic mass is 79.9. The van der Waals surface area contributed by atoms with Crippen molar-refractivity contribution in [2.45, 2.75) is 26.4 Å². The van der Waals surface area contributed by atoms with Gasteiger partial charge in [-0.3, -0.25) is 0 Å². The highest BCUT2D eigenvalue weighted by Crippen LogP contribution is 2.24. The van der Waals surface area contributed by atoms with Crippen LogP contribution in [0, 0.1) is 0 Å². The zero-order chi connectivity index (χ0) is 13.8. The third kappa shape index (κ3) is 4.31. The number of benzene rings is 1. The van der Waals surface area contributed by atoms with Crippen LogP contribution in [0.5, 0.6) is 0 Å². The summed E-state index contributed by atoms with van der Waals surface area (Å²) in [6.45, 7) is 7.27. The quantitative estimate of drug-likeness (QED) is 0.845. The van der Waals surface area contributed by atoms with Gasteiger partial charge in [0.1, 0.15) is 0 Å². The molecule has 1 rings (SSSR count). The van der Waals surface area contributed by atoms with E-state index in [-0.39, 0.29) is 11.2 Å². The Bertz CT molecular complexity index is 432. The van der Waals surface area contributed by atoms with E-state index in [1.807, 2.05) is 20.8 Å². The molecule has 18 heavy (non-hydrogen) atoms. The molecule has 0 spiro atoms. The predicted octanol–water partition coefficient (Wildman–Crippen LogP) is 3.37. The fraction of sp³-hybridized carbons (Fsp3) is 0.462. The summed E-state index contributed by atoms with van der Waals surface area (Å²) in [5.41, 5.74) is 0.851. The summed E-state index contributed by atoms with van der Waals surface area (Å²) in [5, 5.41) is 12.1. The summed E-state index contributed by atoms with van der Waals surface area (Å²) in [4.78, 5) is 10.8. The largest absolute Gasteiger partial charge is 0.478 e. The van der Waals surface area contributed by atoms with Gasteiger partial charge in [0.25, 0.3) is 0 Å². The molecule has 2 N–H and O–H groups in total. The second-order valence-electron chi connectivity index (χ2n) is 4.55. The van der Waals surface area contributed by atoms with Crippen LogP contribution in [0.1, 0.15) is 31.1 Å². The molecule has 1 aromatic rings. The average molecular weight is 316 g/mol. The predicted molar refractivity (Wildman–Crippen MR) is 75.3 cm³/mol. The number of hydrogen-bond donors (Lipinski definition) is 2. The highest BCUT2D eigenvalue weighted by Gasteiger charge is 2.17. The monoisotopic (exact) mass is 315 g/mol. The summed E-state index contributed by atoms with van der Waals surface area (Å²) >= 11 is 3.36. The number of ether oxygens (including phenoxy) is 1. The Morgan fingerprint density at radius 1 is 1.50 bits per heavy atom. The van der Waals surface area contributed by atoms with Gasteiger partial charge in [0.05, 0.1) is 11.2 Å². The molecule has 5 heteroatoms. The number of nitrogens with one attached hydrogen (secondary N) is 1. The second kappa shape index (κ2) is 6.20. The normalized spacial score (nSPS) is 11.3. The molecule has 0 saturated heterocycles. The average Bonchev–Trinajstić information content (AvgIpc) is 2.27. The van der Waals surface area contributed by atoms with Crippen molar-refractivity contribution < 1.29 is 14.6 Å². The second-order valence-corrected chi connectivity index (χ2v) is 5.40.